The van der Waals surface area contributed by atoms with E-state index in [1.807, 2.05) is 0 Å². The quantitative estimate of drug-likeness (QED) is 0.615. The summed E-state index contributed by atoms with van der Waals surface area (Å²) in [5.74, 6) is 5.50. The van der Waals surface area contributed by atoms with E-state index in [0.717, 1.165) is 11.3 Å². The van der Waals surface area contributed by atoms with Gasteiger partial charge in [-0.05, 0) is 12.1 Å². The standard InChI is InChI=1S/C10H10ClN5/c11-8-1-2-9(15-5-8)10(16-12)7-3-13-6-14-4-7/h1-6,10,16H,12H2. The Kier molecular flexibility index (Phi) is 3.40. The fraction of sp³-hybridized carbons (Fsp3) is 0.100. The highest BCUT2D eigenvalue weighted by Crippen LogP contribution is 2.18. The number of hydrogen-bond donors (Lipinski definition) is 2. The Morgan fingerprint density at radius 2 is 1.94 bits per heavy atom. The minimum absolute atomic E-state index is 0.238. The van der Waals surface area contributed by atoms with E-state index < -0.39 is 0 Å². The number of nitrogens with zero attached hydrogens (tertiary/aromatic N) is 3. The molecule has 3 N–H and O–H groups in total. The van der Waals surface area contributed by atoms with E-state index in [0.29, 0.717) is 5.02 Å². The Morgan fingerprint density at radius 1 is 1.19 bits per heavy atom. The lowest BCUT2D eigenvalue weighted by atomic mass is 10.1. The van der Waals surface area contributed by atoms with Crippen molar-refractivity contribution >= 4 is 11.6 Å². The largest absolute Gasteiger partial charge is 0.271 e. The molecule has 16 heavy (non-hydrogen) atoms. The topological polar surface area (TPSA) is 76.7 Å². The van der Waals surface area contributed by atoms with Crippen LogP contribution in [0.1, 0.15) is 17.3 Å². The molecule has 0 fully saturated rings. The summed E-state index contributed by atoms with van der Waals surface area (Å²) in [6, 6.07) is 3.33. The molecule has 0 amide bonds. The van der Waals surface area contributed by atoms with Crippen molar-refractivity contribution in [3.8, 4) is 0 Å². The van der Waals surface area contributed by atoms with Crippen LogP contribution in [0.2, 0.25) is 5.02 Å². The van der Waals surface area contributed by atoms with Crippen LogP contribution in [0.25, 0.3) is 0 Å². The van der Waals surface area contributed by atoms with Crippen molar-refractivity contribution < 1.29 is 0 Å². The lowest BCUT2D eigenvalue weighted by molar-refractivity contribution is 0.616. The summed E-state index contributed by atoms with van der Waals surface area (Å²) >= 11 is 5.77. The first kappa shape index (κ1) is 10.9. The number of rotatable bonds is 3. The molecule has 2 aromatic heterocycles. The molecule has 5 nitrogen and oxygen atoms in total. The van der Waals surface area contributed by atoms with Crippen molar-refractivity contribution in [2.24, 2.45) is 5.84 Å². The molecule has 2 aromatic rings. The predicted octanol–water partition coefficient (Wildman–Crippen LogP) is 1.08. The third-order valence-corrected chi connectivity index (χ3v) is 2.35. The van der Waals surface area contributed by atoms with Gasteiger partial charge in [0, 0.05) is 24.2 Å². The first-order valence-electron chi connectivity index (χ1n) is 4.63. The van der Waals surface area contributed by atoms with Crippen molar-refractivity contribution in [1.82, 2.24) is 20.4 Å². The molecule has 0 aliphatic rings. The van der Waals surface area contributed by atoms with Crippen molar-refractivity contribution in [2.75, 3.05) is 0 Å². The summed E-state index contributed by atoms with van der Waals surface area (Å²) in [5, 5.41) is 0.587. The second kappa shape index (κ2) is 4.98. The molecule has 0 spiro atoms. The smallest absolute Gasteiger partial charge is 0.115 e. The van der Waals surface area contributed by atoms with Crippen molar-refractivity contribution in [3.05, 3.63) is 53.3 Å². The Hall–Kier alpha value is -1.56. The highest BCUT2D eigenvalue weighted by molar-refractivity contribution is 6.30. The molecule has 82 valence electrons. The van der Waals surface area contributed by atoms with Gasteiger partial charge in [-0.1, -0.05) is 11.6 Å². The minimum atomic E-state index is -0.238. The van der Waals surface area contributed by atoms with Crippen LogP contribution in [-0.2, 0) is 0 Å². The van der Waals surface area contributed by atoms with Crippen LogP contribution >= 0.6 is 11.6 Å². The SMILES string of the molecule is NNC(c1cncnc1)c1ccc(Cl)cn1. The van der Waals surface area contributed by atoms with Gasteiger partial charge in [0.1, 0.15) is 6.33 Å². The van der Waals surface area contributed by atoms with Crippen molar-refractivity contribution in [3.63, 3.8) is 0 Å². The van der Waals surface area contributed by atoms with Gasteiger partial charge in [0.25, 0.3) is 0 Å². The van der Waals surface area contributed by atoms with Crippen molar-refractivity contribution in [2.45, 2.75) is 6.04 Å². The number of aromatic nitrogens is 3. The van der Waals surface area contributed by atoms with Gasteiger partial charge in [-0.2, -0.15) is 0 Å². The average molecular weight is 236 g/mol. The Bertz CT molecular complexity index is 445. The summed E-state index contributed by atoms with van der Waals surface area (Å²) in [7, 11) is 0. The van der Waals surface area contributed by atoms with E-state index in [9.17, 15) is 0 Å². The van der Waals surface area contributed by atoms with Crippen molar-refractivity contribution in [1.29, 1.82) is 0 Å². The molecule has 0 saturated carbocycles. The van der Waals surface area contributed by atoms with E-state index in [1.165, 1.54) is 6.33 Å². The van der Waals surface area contributed by atoms with Gasteiger partial charge in [0.2, 0.25) is 0 Å². The van der Waals surface area contributed by atoms with E-state index in [-0.39, 0.29) is 6.04 Å². The number of pyridine rings is 1. The number of halogens is 1. The molecule has 2 rings (SSSR count). The molecule has 1 unspecified atom stereocenters. The van der Waals surface area contributed by atoms with Crippen LogP contribution in [0.3, 0.4) is 0 Å². The van der Waals surface area contributed by atoms with Gasteiger partial charge in [0.05, 0.1) is 16.8 Å². The Morgan fingerprint density at radius 3 is 2.50 bits per heavy atom. The van der Waals surface area contributed by atoms with Gasteiger partial charge in [0.15, 0.2) is 0 Å². The third kappa shape index (κ3) is 2.33. The minimum Gasteiger partial charge on any atom is -0.271 e. The third-order valence-electron chi connectivity index (χ3n) is 2.13. The summed E-state index contributed by atoms with van der Waals surface area (Å²) < 4.78 is 0. The second-order valence-corrected chi connectivity index (χ2v) is 3.61. The average Bonchev–Trinajstić information content (AvgIpc) is 2.34. The van der Waals surface area contributed by atoms with Crippen LogP contribution in [0.5, 0.6) is 0 Å². The number of nitrogens with two attached hydrogens (primary N) is 1. The van der Waals surface area contributed by atoms with Gasteiger partial charge in [-0.15, -0.1) is 0 Å². The monoisotopic (exact) mass is 235 g/mol. The van der Waals surface area contributed by atoms with E-state index in [2.05, 4.69) is 20.4 Å². The molecule has 2 heterocycles. The maximum absolute atomic E-state index is 5.77. The molecule has 0 aliphatic carbocycles. The fourth-order valence-corrected chi connectivity index (χ4v) is 1.48. The molecule has 0 aromatic carbocycles. The Balaban J connectivity index is 2.33. The van der Waals surface area contributed by atoms with Crippen LogP contribution in [0.4, 0.5) is 0 Å². The molecule has 0 aliphatic heterocycles. The molecular weight excluding hydrogens is 226 g/mol. The summed E-state index contributed by atoms with van der Waals surface area (Å²) in [6.07, 6.45) is 6.42. The first-order valence-corrected chi connectivity index (χ1v) is 5.01. The highest BCUT2D eigenvalue weighted by Gasteiger charge is 2.13. The number of hydrogen-bond acceptors (Lipinski definition) is 5. The van der Waals surface area contributed by atoms with Crippen LogP contribution in [0, 0.1) is 0 Å². The molecule has 0 radical (unpaired) electrons. The van der Waals surface area contributed by atoms with Crippen LogP contribution in [0.15, 0.2) is 37.1 Å². The second-order valence-electron chi connectivity index (χ2n) is 3.17. The summed E-state index contributed by atoms with van der Waals surface area (Å²) in [6.45, 7) is 0. The van der Waals surface area contributed by atoms with Crippen LogP contribution in [-0.4, -0.2) is 15.0 Å². The summed E-state index contributed by atoms with van der Waals surface area (Å²) in [4.78, 5) is 12.1. The normalized spacial score (nSPS) is 12.4. The lowest BCUT2D eigenvalue weighted by Gasteiger charge is -2.14. The van der Waals surface area contributed by atoms with Gasteiger partial charge in [-0.25, -0.2) is 15.4 Å². The lowest BCUT2D eigenvalue weighted by Crippen LogP contribution is -2.29. The molecular formula is C10H10ClN5. The van der Waals surface area contributed by atoms with Crippen LogP contribution < -0.4 is 11.3 Å². The van der Waals surface area contributed by atoms with Gasteiger partial charge >= 0.3 is 0 Å². The Labute approximate surface area is 97.7 Å². The number of hydrazine groups is 1. The maximum Gasteiger partial charge on any atom is 0.115 e. The predicted molar refractivity (Wildman–Crippen MR) is 60.4 cm³/mol. The maximum atomic E-state index is 5.77. The first-order chi connectivity index (χ1) is 7.81. The summed E-state index contributed by atoms with van der Waals surface area (Å²) in [5.41, 5.74) is 4.28. The molecule has 6 heteroatoms. The van der Waals surface area contributed by atoms with Gasteiger partial charge < -0.3 is 0 Å². The molecule has 1 atom stereocenters. The van der Waals surface area contributed by atoms with E-state index in [4.69, 9.17) is 17.4 Å². The zero-order valence-corrected chi connectivity index (χ0v) is 9.09. The fourth-order valence-electron chi connectivity index (χ4n) is 1.37. The highest BCUT2D eigenvalue weighted by atomic mass is 35.5. The molecule has 0 bridgehead atoms. The van der Waals surface area contributed by atoms with E-state index in [1.54, 1.807) is 30.7 Å². The zero-order valence-electron chi connectivity index (χ0n) is 8.34. The number of nitrogens with one attached hydrogen (secondary N) is 1. The zero-order chi connectivity index (χ0) is 11.4. The molecule has 0 saturated heterocycles. The van der Waals surface area contributed by atoms with Gasteiger partial charge in [-0.3, -0.25) is 10.8 Å². The van der Waals surface area contributed by atoms with E-state index >= 15 is 0 Å².